The van der Waals surface area contributed by atoms with Gasteiger partial charge in [-0.05, 0) is 49.6 Å². The van der Waals surface area contributed by atoms with Crippen LogP contribution < -0.4 is 9.46 Å². The summed E-state index contributed by atoms with van der Waals surface area (Å²) in [6.45, 7) is 1.96. The molecule has 0 bridgehead atoms. The number of sulfonamides is 1. The Morgan fingerprint density at radius 1 is 1.24 bits per heavy atom. The highest BCUT2D eigenvalue weighted by Gasteiger charge is 2.30. The van der Waals surface area contributed by atoms with Crippen LogP contribution in [0.4, 0.5) is 0 Å². The second-order valence-corrected chi connectivity index (χ2v) is 8.72. The summed E-state index contributed by atoms with van der Waals surface area (Å²) < 4.78 is 40.1. The van der Waals surface area contributed by atoms with Crippen molar-refractivity contribution in [3.8, 4) is 5.75 Å². The minimum atomic E-state index is -3.78. The zero-order valence-electron chi connectivity index (χ0n) is 16.1. The second kappa shape index (κ2) is 7.49. The Balaban J connectivity index is 1.52. The summed E-state index contributed by atoms with van der Waals surface area (Å²) >= 11 is 0. The van der Waals surface area contributed by atoms with E-state index in [1.54, 1.807) is 6.20 Å². The molecule has 0 amide bonds. The van der Waals surface area contributed by atoms with Crippen LogP contribution in [0.25, 0.3) is 5.65 Å². The molecular formula is C20H21N3O5S. The lowest BCUT2D eigenvalue weighted by Gasteiger charge is -2.12. The number of fused-ring (bicyclic) bond motifs is 1. The first kappa shape index (κ1) is 19.4. The van der Waals surface area contributed by atoms with Gasteiger partial charge in [0.2, 0.25) is 10.0 Å². The van der Waals surface area contributed by atoms with E-state index in [2.05, 4.69) is 9.71 Å². The highest BCUT2D eigenvalue weighted by atomic mass is 32.2. The number of nitrogens with one attached hydrogen (secondary N) is 1. The molecule has 1 aliphatic carbocycles. The van der Waals surface area contributed by atoms with Crippen LogP contribution in [0.1, 0.15) is 34.5 Å². The second-order valence-electron chi connectivity index (χ2n) is 7.04. The monoisotopic (exact) mass is 415 g/mol. The Labute approximate surface area is 168 Å². The fourth-order valence-electron chi connectivity index (χ4n) is 2.95. The van der Waals surface area contributed by atoms with Gasteiger partial charge in [-0.1, -0.05) is 6.07 Å². The molecule has 1 fully saturated rings. The number of aryl methyl sites for hydroxylation is 1. The fraction of sp³-hybridized carbons (Fsp3) is 0.300. The van der Waals surface area contributed by atoms with E-state index >= 15 is 0 Å². The Bertz CT molecular complexity index is 1180. The summed E-state index contributed by atoms with van der Waals surface area (Å²) in [5.41, 5.74) is 2.57. The number of hydrogen-bond acceptors (Lipinski definition) is 6. The standard InChI is InChI=1S/C20H21N3O5S/c1-13-3-8-19-21-16(11-23(19)10-13)12-28-20(24)14-4-7-17(27-2)18(9-14)29(25,26)22-15-5-6-15/h3-4,7-11,15,22H,5-6,12H2,1-2H3. The van der Waals surface area contributed by atoms with E-state index in [9.17, 15) is 13.2 Å². The van der Waals surface area contributed by atoms with Crippen molar-refractivity contribution in [3.05, 3.63) is 59.5 Å². The molecule has 0 unspecified atom stereocenters. The Hall–Kier alpha value is -2.91. The van der Waals surface area contributed by atoms with Crippen molar-refractivity contribution in [1.29, 1.82) is 0 Å². The molecule has 4 rings (SSSR count). The summed E-state index contributed by atoms with van der Waals surface area (Å²) in [5, 5.41) is 0. The van der Waals surface area contributed by atoms with Gasteiger partial charge in [0.05, 0.1) is 18.4 Å². The average molecular weight is 415 g/mol. The maximum Gasteiger partial charge on any atom is 0.338 e. The van der Waals surface area contributed by atoms with Gasteiger partial charge in [0, 0.05) is 18.4 Å². The minimum Gasteiger partial charge on any atom is -0.495 e. The molecule has 0 radical (unpaired) electrons. The molecule has 0 saturated heterocycles. The van der Waals surface area contributed by atoms with Crippen LogP contribution in [0.15, 0.2) is 47.6 Å². The molecule has 1 aromatic carbocycles. The summed E-state index contributed by atoms with van der Waals surface area (Å²) in [6, 6.07) is 7.98. The maximum absolute atomic E-state index is 12.6. The predicted molar refractivity (Wildman–Crippen MR) is 105 cm³/mol. The van der Waals surface area contributed by atoms with Gasteiger partial charge in [-0.2, -0.15) is 0 Å². The molecule has 0 spiro atoms. The number of aromatic nitrogens is 2. The highest BCUT2D eigenvalue weighted by Crippen LogP contribution is 2.28. The minimum absolute atomic E-state index is 0.0198. The van der Waals surface area contributed by atoms with E-state index in [4.69, 9.17) is 9.47 Å². The van der Waals surface area contributed by atoms with Crippen molar-refractivity contribution in [2.24, 2.45) is 0 Å². The van der Waals surface area contributed by atoms with Gasteiger partial charge in [0.1, 0.15) is 22.9 Å². The Morgan fingerprint density at radius 2 is 2.03 bits per heavy atom. The Morgan fingerprint density at radius 3 is 2.76 bits per heavy atom. The SMILES string of the molecule is COc1ccc(C(=O)OCc2cn3cc(C)ccc3n2)cc1S(=O)(=O)NC1CC1. The topological polar surface area (TPSA) is 99.0 Å². The lowest BCUT2D eigenvalue weighted by atomic mass is 10.2. The van der Waals surface area contributed by atoms with Gasteiger partial charge < -0.3 is 13.9 Å². The largest absolute Gasteiger partial charge is 0.495 e. The van der Waals surface area contributed by atoms with E-state index in [0.29, 0.717) is 5.69 Å². The summed E-state index contributed by atoms with van der Waals surface area (Å²) in [4.78, 5) is 16.8. The summed E-state index contributed by atoms with van der Waals surface area (Å²) in [6.07, 6.45) is 5.34. The normalized spacial score (nSPS) is 14.1. The quantitative estimate of drug-likeness (QED) is 0.595. The molecule has 1 aliphatic rings. The number of methoxy groups -OCH3 is 1. The van der Waals surface area contributed by atoms with Gasteiger partial charge in [0.15, 0.2) is 0 Å². The third-order valence-corrected chi connectivity index (χ3v) is 6.13. The first-order chi connectivity index (χ1) is 13.9. The number of carbonyl (C=O) groups is 1. The molecule has 29 heavy (non-hydrogen) atoms. The lowest BCUT2D eigenvalue weighted by molar-refractivity contribution is 0.0468. The molecule has 8 nitrogen and oxygen atoms in total. The van der Waals surface area contributed by atoms with Crippen LogP contribution in [-0.4, -0.2) is 36.9 Å². The van der Waals surface area contributed by atoms with Crippen LogP contribution in [-0.2, 0) is 21.4 Å². The van der Waals surface area contributed by atoms with Crippen LogP contribution in [0, 0.1) is 6.92 Å². The van der Waals surface area contributed by atoms with E-state index in [1.165, 1.54) is 25.3 Å². The molecule has 152 valence electrons. The summed E-state index contributed by atoms with van der Waals surface area (Å²) in [7, 11) is -2.40. The van der Waals surface area contributed by atoms with Crippen molar-refractivity contribution in [2.45, 2.75) is 37.3 Å². The number of hydrogen-bond donors (Lipinski definition) is 1. The molecule has 1 saturated carbocycles. The van der Waals surface area contributed by atoms with Gasteiger partial charge >= 0.3 is 5.97 Å². The average Bonchev–Trinajstić information content (AvgIpc) is 3.40. The zero-order chi connectivity index (χ0) is 20.6. The number of esters is 1. The van der Waals surface area contributed by atoms with Crippen LogP contribution in [0.2, 0.25) is 0 Å². The summed E-state index contributed by atoms with van der Waals surface area (Å²) in [5.74, 6) is -0.464. The number of imidazole rings is 1. The van der Waals surface area contributed by atoms with Crippen LogP contribution in [0.5, 0.6) is 5.75 Å². The number of rotatable bonds is 7. The van der Waals surface area contributed by atoms with Crippen molar-refractivity contribution in [1.82, 2.24) is 14.1 Å². The van der Waals surface area contributed by atoms with Crippen LogP contribution >= 0.6 is 0 Å². The molecule has 2 aromatic heterocycles. The third-order valence-electron chi connectivity index (χ3n) is 4.59. The Kier molecular flexibility index (Phi) is 5.01. The molecule has 0 atom stereocenters. The fourth-order valence-corrected chi connectivity index (χ4v) is 4.45. The lowest BCUT2D eigenvalue weighted by Crippen LogP contribution is -2.26. The van der Waals surface area contributed by atoms with Crippen LogP contribution in [0.3, 0.4) is 0 Å². The smallest absolute Gasteiger partial charge is 0.338 e. The number of ether oxygens (including phenoxy) is 2. The van der Waals surface area contributed by atoms with Crippen molar-refractivity contribution in [2.75, 3.05) is 7.11 Å². The molecule has 0 aliphatic heterocycles. The number of nitrogens with zero attached hydrogens (tertiary/aromatic N) is 2. The van der Waals surface area contributed by atoms with Gasteiger partial charge in [-0.3, -0.25) is 0 Å². The molecule has 1 N–H and O–H groups in total. The number of carbonyl (C=O) groups excluding carboxylic acids is 1. The third kappa shape index (κ3) is 4.25. The van der Waals surface area contributed by atoms with Gasteiger partial charge in [0.25, 0.3) is 0 Å². The van der Waals surface area contributed by atoms with E-state index in [1.807, 2.05) is 29.7 Å². The number of benzene rings is 1. The molecule has 9 heteroatoms. The molecular weight excluding hydrogens is 394 g/mol. The van der Waals surface area contributed by atoms with E-state index in [0.717, 1.165) is 24.1 Å². The van der Waals surface area contributed by atoms with E-state index in [-0.39, 0.29) is 28.9 Å². The van der Waals surface area contributed by atoms with Gasteiger partial charge in [-0.25, -0.2) is 22.9 Å². The van der Waals surface area contributed by atoms with Crippen molar-refractivity contribution in [3.63, 3.8) is 0 Å². The number of pyridine rings is 1. The highest BCUT2D eigenvalue weighted by molar-refractivity contribution is 7.89. The van der Waals surface area contributed by atoms with Crippen molar-refractivity contribution < 1.29 is 22.7 Å². The predicted octanol–water partition coefficient (Wildman–Crippen LogP) is 2.45. The maximum atomic E-state index is 12.6. The first-order valence-corrected chi connectivity index (χ1v) is 10.7. The molecule has 2 heterocycles. The van der Waals surface area contributed by atoms with E-state index < -0.39 is 16.0 Å². The zero-order valence-corrected chi connectivity index (χ0v) is 16.9. The van der Waals surface area contributed by atoms with Gasteiger partial charge in [-0.15, -0.1) is 0 Å². The first-order valence-electron chi connectivity index (χ1n) is 9.17. The molecule has 3 aromatic rings. The van der Waals surface area contributed by atoms with Crippen molar-refractivity contribution >= 4 is 21.6 Å².